The van der Waals surface area contributed by atoms with E-state index in [0.29, 0.717) is 37.4 Å². The molecular formula is C12H17N3O3. The molecule has 1 atom stereocenters. The average molecular weight is 251 g/mol. The van der Waals surface area contributed by atoms with Crippen molar-refractivity contribution in [3.63, 3.8) is 0 Å². The van der Waals surface area contributed by atoms with E-state index in [4.69, 9.17) is 10.2 Å². The van der Waals surface area contributed by atoms with Crippen molar-refractivity contribution >= 4 is 11.8 Å². The molecule has 1 fully saturated rings. The molecule has 2 rings (SSSR count). The second-order valence-electron chi connectivity index (χ2n) is 4.23. The lowest BCUT2D eigenvalue weighted by Crippen LogP contribution is -2.58. The number of nitrogens with one attached hydrogen (secondary N) is 1. The maximum atomic E-state index is 12.4. The number of carbonyl (C=O) groups excluding carboxylic acids is 2. The van der Waals surface area contributed by atoms with Crippen molar-refractivity contribution in [2.45, 2.75) is 19.4 Å². The zero-order chi connectivity index (χ0) is 13.1. The summed E-state index contributed by atoms with van der Waals surface area (Å²) in [4.78, 5) is 25.3. The van der Waals surface area contributed by atoms with E-state index in [9.17, 15) is 9.59 Å². The first-order valence-corrected chi connectivity index (χ1v) is 6.02. The third-order valence-electron chi connectivity index (χ3n) is 3.13. The van der Waals surface area contributed by atoms with Crippen LogP contribution < -0.4 is 11.1 Å². The lowest BCUT2D eigenvalue weighted by atomic mass is 10.1. The van der Waals surface area contributed by atoms with Gasteiger partial charge in [0.2, 0.25) is 5.91 Å². The summed E-state index contributed by atoms with van der Waals surface area (Å²) in [6.45, 7) is 3.45. The number of hydrogen-bond acceptors (Lipinski definition) is 4. The van der Waals surface area contributed by atoms with Crippen LogP contribution in [0.1, 0.15) is 23.0 Å². The Labute approximate surface area is 105 Å². The van der Waals surface area contributed by atoms with Gasteiger partial charge in [-0.1, -0.05) is 6.92 Å². The topological polar surface area (TPSA) is 88.6 Å². The van der Waals surface area contributed by atoms with Gasteiger partial charge >= 0.3 is 0 Å². The molecule has 0 saturated carbocycles. The van der Waals surface area contributed by atoms with Crippen LogP contribution in [0.2, 0.25) is 0 Å². The maximum absolute atomic E-state index is 12.4. The van der Waals surface area contributed by atoms with Crippen LogP contribution in [-0.2, 0) is 11.2 Å². The van der Waals surface area contributed by atoms with Crippen LogP contribution in [0.4, 0.5) is 0 Å². The first-order valence-electron chi connectivity index (χ1n) is 6.02. The Morgan fingerprint density at radius 1 is 1.61 bits per heavy atom. The lowest BCUT2D eigenvalue weighted by Gasteiger charge is -2.34. The quantitative estimate of drug-likeness (QED) is 0.774. The molecule has 2 amide bonds. The number of primary amides is 1. The van der Waals surface area contributed by atoms with Crippen LogP contribution in [0.3, 0.4) is 0 Å². The molecule has 3 N–H and O–H groups in total. The van der Waals surface area contributed by atoms with Crippen LogP contribution in [0.15, 0.2) is 16.7 Å². The SMILES string of the molecule is CCc1occc1C(=O)N1CCNCC1C(N)=O. The van der Waals surface area contributed by atoms with E-state index >= 15 is 0 Å². The van der Waals surface area contributed by atoms with Crippen molar-refractivity contribution < 1.29 is 14.0 Å². The summed E-state index contributed by atoms with van der Waals surface area (Å²) in [5, 5.41) is 3.06. The van der Waals surface area contributed by atoms with Gasteiger partial charge < -0.3 is 20.4 Å². The first-order chi connectivity index (χ1) is 8.65. The summed E-state index contributed by atoms with van der Waals surface area (Å²) in [6.07, 6.45) is 2.13. The third kappa shape index (κ3) is 2.24. The van der Waals surface area contributed by atoms with E-state index in [-0.39, 0.29) is 5.91 Å². The van der Waals surface area contributed by atoms with Crippen LogP contribution in [-0.4, -0.2) is 42.4 Å². The Morgan fingerprint density at radius 2 is 2.39 bits per heavy atom. The lowest BCUT2D eigenvalue weighted by molar-refractivity contribution is -0.122. The minimum atomic E-state index is -0.592. The van der Waals surface area contributed by atoms with Gasteiger partial charge in [-0.2, -0.15) is 0 Å². The standard InChI is InChI=1S/C12H17N3O3/c1-2-10-8(3-6-18-10)12(17)15-5-4-14-7-9(15)11(13)16/h3,6,9,14H,2,4-5,7H2,1H3,(H2,13,16). The van der Waals surface area contributed by atoms with Gasteiger partial charge in [-0.15, -0.1) is 0 Å². The highest BCUT2D eigenvalue weighted by Gasteiger charge is 2.32. The average Bonchev–Trinajstić information content (AvgIpc) is 2.86. The summed E-state index contributed by atoms with van der Waals surface area (Å²) in [7, 11) is 0. The number of amides is 2. The summed E-state index contributed by atoms with van der Waals surface area (Å²) < 4.78 is 5.24. The first kappa shape index (κ1) is 12.6. The van der Waals surface area contributed by atoms with E-state index in [1.807, 2.05) is 6.92 Å². The van der Waals surface area contributed by atoms with Crippen molar-refractivity contribution in [2.75, 3.05) is 19.6 Å². The summed E-state index contributed by atoms with van der Waals surface area (Å²) >= 11 is 0. The summed E-state index contributed by atoms with van der Waals surface area (Å²) in [6, 6.07) is 1.05. The molecule has 1 aliphatic rings. The number of nitrogens with zero attached hydrogens (tertiary/aromatic N) is 1. The van der Waals surface area contributed by atoms with Crippen LogP contribution in [0.25, 0.3) is 0 Å². The fourth-order valence-corrected chi connectivity index (χ4v) is 2.16. The molecule has 0 radical (unpaired) electrons. The summed E-state index contributed by atoms with van der Waals surface area (Å²) in [5.74, 6) is -0.0373. The van der Waals surface area contributed by atoms with Gasteiger partial charge in [0.25, 0.3) is 5.91 Å². The molecule has 6 nitrogen and oxygen atoms in total. The molecule has 0 aliphatic carbocycles. The molecule has 18 heavy (non-hydrogen) atoms. The molecule has 1 aromatic rings. The molecule has 1 unspecified atom stereocenters. The molecule has 1 aliphatic heterocycles. The Morgan fingerprint density at radius 3 is 3.06 bits per heavy atom. The molecule has 98 valence electrons. The van der Waals surface area contributed by atoms with Crippen LogP contribution in [0, 0.1) is 0 Å². The van der Waals surface area contributed by atoms with Crippen LogP contribution >= 0.6 is 0 Å². The smallest absolute Gasteiger partial charge is 0.258 e. The van der Waals surface area contributed by atoms with Crippen molar-refractivity contribution in [3.05, 3.63) is 23.7 Å². The molecule has 0 bridgehead atoms. The minimum Gasteiger partial charge on any atom is -0.469 e. The zero-order valence-electron chi connectivity index (χ0n) is 10.3. The number of nitrogens with two attached hydrogens (primary N) is 1. The van der Waals surface area contributed by atoms with Crippen molar-refractivity contribution in [3.8, 4) is 0 Å². The van der Waals surface area contributed by atoms with Gasteiger partial charge in [0, 0.05) is 26.1 Å². The zero-order valence-corrected chi connectivity index (χ0v) is 10.3. The molecular weight excluding hydrogens is 234 g/mol. The highest BCUT2D eigenvalue weighted by atomic mass is 16.3. The molecule has 1 saturated heterocycles. The van der Waals surface area contributed by atoms with Gasteiger partial charge in [0.1, 0.15) is 11.8 Å². The molecule has 6 heteroatoms. The maximum Gasteiger partial charge on any atom is 0.258 e. The van der Waals surface area contributed by atoms with Gasteiger partial charge in [0.15, 0.2) is 0 Å². The highest BCUT2D eigenvalue weighted by Crippen LogP contribution is 2.16. The largest absolute Gasteiger partial charge is 0.469 e. The van der Waals surface area contributed by atoms with E-state index < -0.39 is 11.9 Å². The second-order valence-corrected chi connectivity index (χ2v) is 4.23. The molecule has 1 aromatic heterocycles. The monoisotopic (exact) mass is 251 g/mol. The Kier molecular flexibility index (Phi) is 3.66. The predicted molar refractivity (Wildman–Crippen MR) is 65.0 cm³/mol. The van der Waals surface area contributed by atoms with E-state index in [2.05, 4.69) is 5.32 Å². The fraction of sp³-hybridized carbons (Fsp3) is 0.500. The van der Waals surface area contributed by atoms with Gasteiger partial charge in [-0.05, 0) is 6.07 Å². The second kappa shape index (κ2) is 5.22. The number of aryl methyl sites for hydroxylation is 1. The Bertz CT molecular complexity index is 455. The molecule has 2 heterocycles. The minimum absolute atomic E-state index is 0.189. The van der Waals surface area contributed by atoms with Gasteiger partial charge in [0.05, 0.1) is 11.8 Å². The van der Waals surface area contributed by atoms with Crippen LogP contribution in [0.5, 0.6) is 0 Å². The van der Waals surface area contributed by atoms with Crippen molar-refractivity contribution in [1.29, 1.82) is 0 Å². The summed E-state index contributed by atoms with van der Waals surface area (Å²) in [5.41, 5.74) is 5.84. The van der Waals surface area contributed by atoms with Gasteiger partial charge in [-0.25, -0.2) is 0 Å². The van der Waals surface area contributed by atoms with E-state index in [0.717, 1.165) is 0 Å². The Balaban J connectivity index is 2.23. The normalized spacial score (nSPS) is 19.8. The number of furan rings is 1. The number of piperazine rings is 1. The number of carbonyl (C=O) groups is 2. The predicted octanol–water partition coefficient (Wildman–Crippen LogP) is -0.259. The van der Waals surface area contributed by atoms with E-state index in [1.54, 1.807) is 6.07 Å². The van der Waals surface area contributed by atoms with E-state index in [1.165, 1.54) is 11.2 Å². The molecule has 0 aromatic carbocycles. The number of rotatable bonds is 3. The third-order valence-corrected chi connectivity index (χ3v) is 3.13. The fourth-order valence-electron chi connectivity index (χ4n) is 2.16. The molecule has 0 spiro atoms. The van der Waals surface area contributed by atoms with Crippen molar-refractivity contribution in [1.82, 2.24) is 10.2 Å². The van der Waals surface area contributed by atoms with Crippen molar-refractivity contribution in [2.24, 2.45) is 5.73 Å². The Hall–Kier alpha value is -1.82. The highest BCUT2D eigenvalue weighted by molar-refractivity contribution is 5.98. The van der Waals surface area contributed by atoms with Gasteiger partial charge in [-0.3, -0.25) is 9.59 Å². The number of hydrogen-bond donors (Lipinski definition) is 2.